The Hall–Kier alpha value is -2.67. The van der Waals surface area contributed by atoms with E-state index >= 15 is 0 Å². The van der Waals surface area contributed by atoms with Crippen LogP contribution in [0, 0.1) is 6.92 Å². The number of ether oxygens (including phenoxy) is 2. The average molecular weight is 439 g/mol. The van der Waals surface area contributed by atoms with Gasteiger partial charge in [0.15, 0.2) is 11.5 Å². The number of amides is 1. The molecule has 2 aliphatic rings. The van der Waals surface area contributed by atoms with Crippen molar-refractivity contribution in [1.29, 1.82) is 0 Å². The van der Waals surface area contributed by atoms with Crippen LogP contribution in [0.1, 0.15) is 61.7 Å². The molecule has 32 heavy (non-hydrogen) atoms. The Kier molecular flexibility index (Phi) is 6.65. The first kappa shape index (κ1) is 22.5. The van der Waals surface area contributed by atoms with Crippen molar-refractivity contribution in [1.82, 2.24) is 14.9 Å². The summed E-state index contributed by atoms with van der Waals surface area (Å²) in [7, 11) is 3.49. The Morgan fingerprint density at radius 1 is 1.19 bits per heavy atom. The number of carbonyl (C=O) groups excluding carboxylic acids is 1. The third kappa shape index (κ3) is 4.72. The Morgan fingerprint density at radius 2 is 2.00 bits per heavy atom. The van der Waals surface area contributed by atoms with E-state index in [1.54, 1.807) is 12.0 Å². The van der Waals surface area contributed by atoms with Gasteiger partial charge in [0.1, 0.15) is 11.6 Å². The third-order valence-electron chi connectivity index (χ3n) is 6.36. The van der Waals surface area contributed by atoms with Crippen LogP contribution in [0.2, 0.25) is 0 Å². The minimum atomic E-state index is 0.0907. The maximum absolute atomic E-state index is 12.2. The van der Waals surface area contributed by atoms with Crippen LogP contribution in [0.5, 0.6) is 11.5 Å². The molecule has 7 heteroatoms. The Morgan fingerprint density at radius 3 is 2.75 bits per heavy atom. The SMILES string of the molecule is COc1ccc(CN2CCC[C@@H](c3nc(C)c4c(n3)N(C)C(=O)CC4)C2)cc1OC(C)C. The summed E-state index contributed by atoms with van der Waals surface area (Å²) in [6.45, 7) is 8.88. The molecule has 2 aromatic rings. The molecule has 1 atom stereocenters. The number of nitrogens with zero attached hydrogens (tertiary/aromatic N) is 4. The van der Waals surface area contributed by atoms with Gasteiger partial charge in [-0.05, 0) is 64.3 Å². The van der Waals surface area contributed by atoms with Crippen LogP contribution in [0.4, 0.5) is 5.82 Å². The number of benzene rings is 1. The van der Waals surface area contributed by atoms with Gasteiger partial charge in [-0.1, -0.05) is 6.07 Å². The zero-order valence-electron chi connectivity index (χ0n) is 19.9. The van der Waals surface area contributed by atoms with Crippen LogP contribution in [0.3, 0.4) is 0 Å². The second-order valence-electron chi connectivity index (χ2n) is 9.15. The van der Waals surface area contributed by atoms with Gasteiger partial charge in [-0.25, -0.2) is 9.97 Å². The molecule has 0 saturated carbocycles. The fourth-order valence-corrected chi connectivity index (χ4v) is 4.71. The first-order valence-corrected chi connectivity index (χ1v) is 11.6. The standard InChI is InChI=1S/C25H34N4O3/c1-16(2)32-22-13-18(8-10-21(22)31-5)14-29-12-6-7-19(15-29)24-26-17(3)20-9-11-23(30)28(4)25(20)27-24/h8,10,13,16,19H,6-7,9,11-12,14-15H2,1-5H3/t19-/m1/s1. The third-order valence-corrected chi connectivity index (χ3v) is 6.36. The molecule has 1 amide bonds. The molecule has 1 fully saturated rings. The lowest BCUT2D eigenvalue weighted by molar-refractivity contribution is -0.118. The Balaban J connectivity index is 1.51. The number of fused-ring (bicyclic) bond motifs is 1. The highest BCUT2D eigenvalue weighted by molar-refractivity contribution is 5.94. The van der Waals surface area contributed by atoms with Gasteiger partial charge in [0.05, 0.1) is 13.2 Å². The number of anilines is 1. The fraction of sp³-hybridized carbons (Fsp3) is 0.560. The highest BCUT2D eigenvalue weighted by Gasteiger charge is 2.29. The summed E-state index contributed by atoms with van der Waals surface area (Å²) < 4.78 is 11.4. The lowest BCUT2D eigenvalue weighted by atomic mass is 9.95. The topological polar surface area (TPSA) is 67.8 Å². The molecule has 1 saturated heterocycles. The van der Waals surface area contributed by atoms with Crippen molar-refractivity contribution in [3.8, 4) is 11.5 Å². The van der Waals surface area contributed by atoms with Crippen molar-refractivity contribution in [2.24, 2.45) is 0 Å². The van der Waals surface area contributed by atoms with Crippen molar-refractivity contribution in [2.75, 3.05) is 32.1 Å². The van der Waals surface area contributed by atoms with Gasteiger partial charge in [-0.3, -0.25) is 14.6 Å². The lowest BCUT2D eigenvalue weighted by Crippen LogP contribution is -2.36. The van der Waals surface area contributed by atoms with Gasteiger partial charge in [0, 0.05) is 43.7 Å². The van der Waals surface area contributed by atoms with Crippen LogP contribution in [-0.2, 0) is 17.8 Å². The zero-order valence-corrected chi connectivity index (χ0v) is 19.9. The maximum Gasteiger partial charge on any atom is 0.228 e. The quantitative estimate of drug-likeness (QED) is 0.682. The second-order valence-corrected chi connectivity index (χ2v) is 9.15. The van der Waals surface area contributed by atoms with Crippen LogP contribution < -0.4 is 14.4 Å². The molecule has 2 aliphatic heterocycles. The summed E-state index contributed by atoms with van der Waals surface area (Å²) in [6.07, 6.45) is 3.53. The number of aryl methyl sites for hydroxylation is 1. The molecule has 0 unspecified atom stereocenters. The summed E-state index contributed by atoms with van der Waals surface area (Å²) in [5.74, 6) is 3.61. The highest BCUT2D eigenvalue weighted by atomic mass is 16.5. The highest BCUT2D eigenvalue weighted by Crippen LogP contribution is 2.33. The van der Waals surface area contributed by atoms with E-state index in [9.17, 15) is 4.79 Å². The maximum atomic E-state index is 12.2. The number of aromatic nitrogens is 2. The summed E-state index contributed by atoms with van der Waals surface area (Å²) in [5.41, 5.74) is 3.32. The molecular weight excluding hydrogens is 404 g/mol. The number of likely N-dealkylation sites (tertiary alicyclic amines) is 1. The van der Waals surface area contributed by atoms with Crippen molar-refractivity contribution < 1.29 is 14.3 Å². The summed E-state index contributed by atoms with van der Waals surface area (Å²) in [6, 6.07) is 6.18. The predicted octanol–water partition coefficient (Wildman–Crippen LogP) is 3.87. The normalized spacial score (nSPS) is 19.2. The largest absolute Gasteiger partial charge is 0.493 e. The summed E-state index contributed by atoms with van der Waals surface area (Å²) in [5, 5.41) is 0. The van der Waals surface area contributed by atoms with E-state index in [1.807, 2.05) is 33.9 Å². The molecule has 1 aromatic carbocycles. The summed E-state index contributed by atoms with van der Waals surface area (Å²) in [4.78, 5) is 26.1. The number of hydrogen-bond donors (Lipinski definition) is 0. The average Bonchev–Trinajstić information content (AvgIpc) is 2.76. The molecule has 0 bridgehead atoms. The monoisotopic (exact) mass is 438 g/mol. The van der Waals surface area contributed by atoms with Crippen LogP contribution >= 0.6 is 0 Å². The first-order chi connectivity index (χ1) is 15.4. The van der Waals surface area contributed by atoms with Gasteiger partial charge in [-0.15, -0.1) is 0 Å². The van der Waals surface area contributed by atoms with Crippen molar-refractivity contribution in [3.63, 3.8) is 0 Å². The lowest BCUT2D eigenvalue weighted by Gasteiger charge is -2.33. The van der Waals surface area contributed by atoms with Gasteiger partial charge in [0.2, 0.25) is 5.91 Å². The Bertz CT molecular complexity index is 991. The van der Waals surface area contributed by atoms with Crippen LogP contribution in [0.25, 0.3) is 0 Å². The molecule has 172 valence electrons. The fourth-order valence-electron chi connectivity index (χ4n) is 4.71. The molecule has 0 radical (unpaired) electrons. The first-order valence-electron chi connectivity index (χ1n) is 11.6. The van der Waals surface area contributed by atoms with Gasteiger partial charge < -0.3 is 9.47 Å². The van der Waals surface area contributed by atoms with E-state index in [0.717, 1.165) is 73.3 Å². The van der Waals surface area contributed by atoms with Crippen molar-refractivity contribution in [3.05, 3.63) is 40.8 Å². The van der Waals surface area contributed by atoms with E-state index in [1.165, 1.54) is 5.56 Å². The Labute approximate surface area is 190 Å². The summed E-state index contributed by atoms with van der Waals surface area (Å²) >= 11 is 0. The van der Waals surface area contributed by atoms with Crippen LogP contribution in [-0.4, -0.2) is 54.1 Å². The van der Waals surface area contributed by atoms with E-state index in [-0.39, 0.29) is 17.9 Å². The minimum absolute atomic E-state index is 0.0907. The number of methoxy groups -OCH3 is 1. The minimum Gasteiger partial charge on any atom is -0.493 e. The van der Waals surface area contributed by atoms with Gasteiger partial charge >= 0.3 is 0 Å². The van der Waals surface area contributed by atoms with E-state index < -0.39 is 0 Å². The van der Waals surface area contributed by atoms with Crippen molar-refractivity contribution in [2.45, 2.75) is 65.0 Å². The molecular formula is C25H34N4O3. The molecule has 1 aromatic heterocycles. The number of carbonyl (C=O) groups is 1. The smallest absolute Gasteiger partial charge is 0.228 e. The molecule has 0 aliphatic carbocycles. The zero-order chi connectivity index (χ0) is 22.8. The number of hydrogen-bond acceptors (Lipinski definition) is 6. The molecule has 0 N–H and O–H groups in total. The van der Waals surface area contributed by atoms with Crippen molar-refractivity contribution >= 4 is 11.7 Å². The number of rotatable bonds is 6. The molecule has 4 rings (SSSR count). The van der Waals surface area contributed by atoms with Crippen LogP contribution in [0.15, 0.2) is 18.2 Å². The molecule has 7 nitrogen and oxygen atoms in total. The molecule has 3 heterocycles. The molecule has 0 spiro atoms. The van der Waals surface area contributed by atoms with E-state index in [2.05, 4.69) is 17.0 Å². The van der Waals surface area contributed by atoms with E-state index in [4.69, 9.17) is 19.4 Å². The van der Waals surface area contributed by atoms with E-state index in [0.29, 0.717) is 6.42 Å². The second kappa shape index (κ2) is 9.45. The van der Waals surface area contributed by atoms with Gasteiger partial charge in [0.25, 0.3) is 0 Å². The number of piperidine rings is 1. The predicted molar refractivity (Wildman–Crippen MR) is 125 cm³/mol. The van der Waals surface area contributed by atoms with Gasteiger partial charge in [-0.2, -0.15) is 0 Å².